The number of hydrogen-bond donors (Lipinski definition) is 1. The molecule has 4 unspecified atom stereocenters. The Labute approximate surface area is 111 Å². The van der Waals surface area contributed by atoms with Crippen LogP contribution in [0, 0.1) is 0 Å². The molecule has 3 saturated heterocycles. The molecule has 1 N–H and O–H groups in total. The van der Waals surface area contributed by atoms with Crippen molar-refractivity contribution in [3.05, 3.63) is 11.7 Å². The van der Waals surface area contributed by atoms with Gasteiger partial charge < -0.3 is 19.3 Å². The molecule has 104 valence electrons. The van der Waals surface area contributed by atoms with Gasteiger partial charge in [-0.05, 0) is 19.3 Å². The summed E-state index contributed by atoms with van der Waals surface area (Å²) in [4.78, 5) is 4.54. The molecule has 2 bridgehead atoms. The van der Waals surface area contributed by atoms with E-state index in [2.05, 4.69) is 15.5 Å². The Morgan fingerprint density at radius 2 is 2.32 bits per heavy atom. The normalized spacial score (nSPS) is 37.9. The molecule has 3 fully saturated rings. The first kappa shape index (κ1) is 11.8. The van der Waals surface area contributed by atoms with E-state index in [0.717, 1.165) is 38.4 Å². The second-order valence-corrected chi connectivity index (χ2v) is 5.66. The number of fused-ring (bicyclic) bond motifs is 2. The van der Waals surface area contributed by atoms with Crippen LogP contribution in [0.4, 0.5) is 0 Å². The van der Waals surface area contributed by atoms with Crippen molar-refractivity contribution in [2.24, 2.45) is 0 Å². The number of nitrogens with zero attached hydrogens (tertiary/aromatic N) is 2. The standard InChI is InChI=1S/C13H19N3O3/c1-2-11-10(5-8(1)18-11)13-15-12(19-16-13)6-9-7-14-3-4-17-9/h8-11,14H,1-7H2. The second-order valence-electron chi connectivity index (χ2n) is 5.66. The minimum Gasteiger partial charge on any atom is -0.375 e. The average molecular weight is 265 g/mol. The number of morpholine rings is 1. The van der Waals surface area contributed by atoms with Gasteiger partial charge in [-0.15, -0.1) is 0 Å². The van der Waals surface area contributed by atoms with Crippen LogP contribution < -0.4 is 5.32 Å². The highest BCUT2D eigenvalue weighted by atomic mass is 16.5. The molecule has 1 aromatic rings. The number of nitrogens with one attached hydrogen (secondary N) is 1. The minimum atomic E-state index is 0.151. The van der Waals surface area contributed by atoms with Gasteiger partial charge in [0.25, 0.3) is 0 Å². The van der Waals surface area contributed by atoms with Crippen LogP contribution in [0.15, 0.2) is 4.52 Å². The number of ether oxygens (including phenoxy) is 2. The van der Waals surface area contributed by atoms with Gasteiger partial charge in [0.1, 0.15) is 0 Å². The van der Waals surface area contributed by atoms with Crippen LogP contribution in [0.1, 0.15) is 36.9 Å². The summed E-state index contributed by atoms with van der Waals surface area (Å²) < 4.78 is 16.9. The fourth-order valence-corrected chi connectivity index (χ4v) is 3.36. The Morgan fingerprint density at radius 1 is 1.32 bits per heavy atom. The van der Waals surface area contributed by atoms with Gasteiger partial charge in [-0.3, -0.25) is 0 Å². The Balaban J connectivity index is 1.41. The maximum Gasteiger partial charge on any atom is 0.229 e. The molecular formula is C13H19N3O3. The largest absolute Gasteiger partial charge is 0.375 e. The number of hydrogen-bond acceptors (Lipinski definition) is 6. The lowest BCUT2D eigenvalue weighted by Gasteiger charge is -2.21. The quantitative estimate of drug-likeness (QED) is 0.864. The Hall–Kier alpha value is -0.980. The van der Waals surface area contributed by atoms with Crippen LogP contribution in [0.3, 0.4) is 0 Å². The molecule has 1 aromatic heterocycles. The van der Waals surface area contributed by atoms with Crippen molar-refractivity contribution in [3.8, 4) is 0 Å². The molecule has 0 radical (unpaired) electrons. The zero-order chi connectivity index (χ0) is 12.7. The molecule has 4 heterocycles. The smallest absolute Gasteiger partial charge is 0.229 e. The van der Waals surface area contributed by atoms with E-state index < -0.39 is 0 Å². The molecule has 0 saturated carbocycles. The van der Waals surface area contributed by atoms with Crippen LogP contribution in [0.5, 0.6) is 0 Å². The Bertz CT molecular complexity index is 444. The maximum absolute atomic E-state index is 5.84. The molecule has 3 aliphatic heterocycles. The maximum atomic E-state index is 5.84. The highest BCUT2D eigenvalue weighted by molar-refractivity contribution is 5.07. The van der Waals surface area contributed by atoms with E-state index in [-0.39, 0.29) is 6.10 Å². The average Bonchev–Trinajstić information content (AvgIpc) is 3.15. The summed E-state index contributed by atoms with van der Waals surface area (Å²) in [5.41, 5.74) is 0. The van der Waals surface area contributed by atoms with Gasteiger partial charge >= 0.3 is 0 Å². The predicted octanol–water partition coefficient (Wildman–Crippen LogP) is 0.635. The van der Waals surface area contributed by atoms with Crippen molar-refractivity contribution in [2.45, 2.75) is 49.9 Å². The van der Waals surface area contributed by atoms with Gasteiger partial charge in [-0.2, -0.15) is 4.98 Å². The van der Waals surface area contributed by atoms with Crippen molar-refractivity contribution in [1.82, 2.24) is 15.5 Å². The summed E-state index contributed by atoms with van der Waals surface area (Å²) in [6.07, 6.45) is 4.94. The van der Waals surface area contributed by atoms with E-state index in [1.54, 1.807) is 0 Å². The third kappa shape index (κ3) is 2.28. The fourth-order valence-electron chi connectivity index (χ4n) is 3.36. The minimum absolute atomic E-state index is 0.151. The topological polar surface area (TPSA) is 69.4 Å². The van der Waals surface area contributed by atoms with E-state index in [1.807, 2.05) is 0 Å². The summed E-state index contributed by atoms with van der Waals surface area (Å²) in [5.74, 6) is 1.85. The lowest BCUT2D eigenvalue weighted by atomic mass is 9.89. The number of aromatic nitrogens is 2. The van der Waals surface area contributed by atoms with Crippen LogP contribution in [0.2, 0.25) is 0 Å². The van der Waals surface area contributed by atoms with E-state index in [9.17, 15) is 0 Å². The lowest BCUT2D eigenvalue weighted by Crippen LogP contribution is -2.39. The van der Waals surface area contributed by atoms with Gasteiger partial charge in [0.05, 0.1) is 37.3 Å². The van der Waals surface area contributed by atoms with Crippen LogP contribution in [-0.2, 0) is 15.9 Å². The molecule has 0 amide bonds. The summed E-state index contributed by atoms with van der Waals surface area (Å²) in [6, 6.07) is 0. The molecule has 0 aromatic carbocycles. The van der Waals surface area contributed by atoms with E-state index in [0.29, 0.717) is 30.4 Å². The summed E-state index contributed by atoms with van der Waals surface area (Å²) in [6.45, 7) is 2.54. The van der Waals surface area contributed by atoms with E-state index >= 15 is 0 Å². The van der Waals surface area contributed by atoms with E-state index in [4.69, 9.17) is 14.0 Å². The van der Waals surface area contributed by atoms with Crippen LogP contribution in [0.25, 0.3) is 0 Å². The first-order valence-electron chi connectivity index (χ1n) is 7.19. The van der Waals surface area contributed by atoms with Gasteiger partial charge in [0.2, 0.25) is 5.89 Å². The van der Waals surface area contributed by atoms with Crippen molar-refractivity contribution in [1.29, 1.82) is 0 Å². The third-order valence-electron chi connectivity index (χ3n) is 4.33. The summed E-state index contributed by atoms with van der Waals surface area (Å²) in [5, 5.41) is 7.44. The highest BCUT2D eigenvalue weighted by Gasteiger charge is 2.43. The van der Waals surface area contributed by atoms with Crippen LogP contribution >= 0.6 is 0 Å². The van der Waals surface area contributed by atoms with Gasteiger partial charge in [-0.25, -0.2) is 0 Å². The molecule has 0 aliphatic carbocycles. The molecular weight excluding hydrogens is 246 g/mol. The molecule has 4 atom stereocenters. The van der Waals surface area contributed by atoms with Gasteiger partial charge in [0.15, 0.2) is 5.82 Å². The van der Waals surface area contributed by atoms with Gasteiger partial charge in [-0.1, -0.05) is 5.16 Å². The summed E-state index contributed by atoms with van der Waals surface area (Å²) in [7, 11) is 0. The van der Waals surface area contributed by atoms with Crippen molar-refractivity contribution in [2.75, 3.05) is 19.7 Å². The monoisotopic (exact) mass is 265 g/mol. The zero-order valence-electron chi connectivity index (χ0n) is 10.9. The lowest BCUT2D eigenvalue weighted by molar-refractivity contribution is 0.0246. The third-order valence-corrected chi connectivity index (χ3v) is 4.33. The predicted molar refractivity (Wildman–Crippen MR) is 65.9 cm³/mol. The van der Waals surface area contributed by atoms with Crippen molar-refractivity contribution >= 4 is 0 Å². The molecule has 19 heavy (non-hydrogen) atoms. The number of rotatable bonds is 3. The molecule has 0 spiro atoms. The first-order chi connectivity index (χ1) is 9.38. The molecule has 6 nitrogen and oxygen atoms in total. The Morgan fingerprint density at radius 3 is 3.05 bits per heavy atom. The second kappa shape index (κ2) is 4.85. The molecule has 6 heteroatoms. The summed E-state index contributed by atoms with van der Waals surface area (Å²) >= 11 is 0. The van der Waals surface area contributed by atoms with Crippen molar-refractivity contribution in [3.63, 3.8) is 0 Å². The van der Waals surface area contributed by atoms with Crippen molar-refractivity contribution < 1.29 is 14.0 Å². The fraction of sp³-hybridized carbons (Fsp3) is 0.846. The van der Waals surface area contributed by atoms with Crippen LogP contribution in [-0.4, -0.2) is 48.1 Å². The molecule has 3 aliphatic rings. The van der Waals surface area contributed by atoms with E-state index in [1.165, 1.54) is 6.42 Å². The highest BCUT2D eigenvalue weighted by Crippen LogP contribution is 2.43. The van der Waals surface area contributed by atoms with Gasteiger partial charge in [0, 0.05) is 13.1 Å². The SMILES string of the molecule is C1COC(Cc2nc(C3CC4CCC3O4)no2)CN1. The molecule has 4 rings (SSSR count). The zero-order valence-corrected chi connectivity index (χ0v) is 10.9. The Kier molecular flexibility index (Phi) is 3.01. The first-order valence-corrected chi connectivity index (χ1v) is 7.19.